The molecular weight excluding hydrogens is 508 g/mol. The third-order valence-electron chi connectivity index (χ3n) is 7.31. The van der Waals surface area contributed by atoms with Crippen LogP contribution >= 0.6 is 11.6 Å². The second kappa shape index (κ2) is 14.2. The van der Waals surface area contributed by atoms with Crippen LogP contribution in [0.25, 0.3) is 0 Å². The van der Waals surface area contributed by atoms with Gasteiger partial charge in [-0.2, -0.15) is 4.31 Å². The Kier molecular flexibility index (Phi) is 11.9. The number of sulfonamides is 1. The first-order valence-corrected chi connectivity index (χ1v) is 15.2. The fourth-order valence-corrected chi connectivity index (χ4v) is 7.04. The van der Waals surface area contributed by atoms with Crippen molar-refractivity contribution in [1.29, 1.82) is 0 Å². The summed E-state index contributed by atoms with van der Waals surface area (Å²) in [6.07, 6.45) is 13.7. The lowest BCUT2D eigenvalue weighted by atomic mass is 9.83. The Morgan fingerprint density at radius 1 is 1.24 bits per heavy atom. The molecule has 2 aliphatic rings. The molecule has 1 aromatic carbocycles. The zero-order valence-electron chi connectivity index (χ0n) is 22.9. The van der Waals surface area contributed by atoms with Crippen molar-refractivity contribution < 1.29 is 18.3 Å². The van der Waals surface area contributed by atoms with Crippen LogP contribution in [0.1, 0.15) is 71.8 Å². The largest absolute Gasteiger partial charge is 0.481 e. The van der Waals surface area contributed by atoms with Crippen LogP contribution in [-0.4, -0.2) is 43.4 Å². The standard InChI is InChI=1S/C27H37ClN2O4S.C2H6/c1-5-10-22(11-6-2)30-18-25(20-12-8-7-9-13-20)29(4)35(33,34)26-16-21(23(28)17-24(26)30)15-14-19(3)27(31)32;1-2/h5-6,10-11,16-17,19-20,25H,1,7-9,12-15,18H2,2-4H3,(H,31,32);1-2H3/b11-6-,22-10+;/t19-,25+;/m1./s1. The molecule has 1 saturated carbocycles. The van der Waals surface area contributed by atoms with Gasteiger partial charge in [0, 0.05) is 30.4 Å². The Labute approximate surface area is 228 Å². The fraction of sp³-hybridized carbons (Fsp3) is 0.552. The average molecular weight is 551 g/mol. The molecule has 0 unspecified atom stereocenters. The Balaban J connectivity index is 0.00000235. The summed E-state index contributed by atoms with van der Waals surface area (Å²) in [6, 6.07) is 3.20. The number of carbonyl (C=O) groups is 1. The summed E-state index contributed by atoms with van der Waals surface area (Å²) in [4.78, 5) is 13.6. The van der Waals surface area contributed by atoms with E-state index < -0.39 is 21.9 Å². The number of hydrogen-bond acceptors (Lipinski definition) is 4. The number of aryl methyl sites for hydroxylation is 1. The molecule has 1 aromatic rings. The number of allylic oxidation sites excluding steroid dienone is 4. The summed E-state index contributed by atoms with van der Waals surface area (Å²) >= 11 is 6.68. The molecule has 1 aliphatic carbocycles. The van der Waals surface area contributed by atoms with Gasteiger partial charge in [0.15, 0.2) is 0 Å². The number of aliphatic carboxylic acids is 1. The second-order valence-electron chi connectivity index (χ2n) is 9.61. The molecule has 6 nitrogen and oxygen atoms in total. The van der Waals surface area contributed by atoms with Crippen molar-refractivity contribution in [3.05, 3.63) is 59.3 Å². The summed E-state index contributed by atoms with van der Waals surface area (Å²) in [5.41, 5.74) is 2.03. The van der Waals surface area contributed by atoms with Crippen LogP contribution < -0.4 is 4.90 Å². The summed E-state index contributed by atoms with van der Waals surface area (Å²) in [7, 11) is -2.12. The second-order valence-corrected chi connectivity index (χ2v) is 12.0. The van der Waals surface area contributed by atoms with Gasteiger partial charge in [0.2, 0.25) is 10.0 Å². The highest BCUT2D eigenvalue weighted by Gasteiger charge is 2.41. The van der Waals surface area contributed by atoms with Gasteiger partial charge in [-0.25, -0.2) is 8.42 Å². The molecule has 1 N–H and O–H groups in total. The predicted octanol–water partition coefficient (Wildman–Crippen LogP) is 7.05. The number of hydrogen-bond donors (Lipinski definition) is 1. The molecule has 3 rings (SSSR count). The first-order valence-electron chi connectivity index (χ1n) is 13.4. The summed E-state index contributed by atoms with van der Waals surface area (Å²) < 4.78 is 29.5. The van der Waals surface area contributed by atoms with E-state index in [0.717, 1.165) is 31.4 Å². The van der Waals surface area contributed by atoms with E-state index in [-0.39, 0.29) is 16.9 Å². The van der Waals surface area contributed by atoms with Crippen molar-refractivity contribution in [1.82, 2.24) is 4.31 Å². The topological polar surface area (TPSA) is 77.9 Å². The number of carboxylic acids is 1. The maximum absolute atomic E-state index is 14.0. The highest BCUT2D eigenvalue weighted by molar-refractivity contribution is 7.89. The van der Waals surface area contributed by atoms with Gasteiger partial charge < -0.3 is 10.0 Å². The molecule has 0 bridgehead atoms. The van der Waals surface area contributed by atoms with E-state index in [0.29, 0.717) is 35.7 Å². The minimum atomic E-state index is -3.81. The SMILES string of the molecule is C=C/C=C(\C=C/C)N1C[C@@H](C2CCCCC2)N(C)S(=O)(=O)c2cc(CC[C@@H](C)C(=O)O)c(Cl)cc21.CC. The maximum atomic E-state index is 14.0. The van der Waals surface area contributed by atoms with Crippen molar-refractivity contribution in [3.63, 3.8) is 0 Å². The lowest BCUT2D eigenvalue weighted by molar-refractivity contribution is -0.141. The van der Waals surface area contributed by atoms with Crippen LogP contribution in [0.2, 0.25) is 5.02 Å². The zero-order valence-corrected chi connectivity index (χ0v) is 24.5. The van der Waals surface area contributed by atoms with E-state index in [2.05, 4.69) is 6.58 Å². The van der Waals surface area contributed by atoms with E-state index in [1.54, 1.807) is 36.5 Å². The van der Waals surface area contributed by atoms with Crippen LogP contribution in [0.4, 0.5) is 5.69 Å². The van der Waals surface area contributed by atoms with E-state index in [4.69, 9.17) is 11.6 Å². The van der Waals surface area contributed by atoms with Crippen molar-refractivity contribution in [2.24, 2.45) is 11.8 Å². The van der Waals surface area contributed by atoms with Crippen molar-refractivity contribution in [2.75, 3.05) is 18.5 Å². The number of rotatable bonds is 8. The van der Waals surface area contributed by atoms with Crippen molar-refractivity contribution in [3.8, 4) is 0 Å². The van der Waals surface area contributed by atoms with Crippen LogP contribution in [0.15, 0.2) is 53.6 Å². The highest BCUT2D eigenvalue weighted by atomic mass is 35.5. The molecule has 1 aliphatic heterocycles. The first-order chi connectivity index (χ1) is 17.6. The Hall–Kier alpha value is -2.09. The van der Waals surface area contributed by atoms with E-state index >= 15 is 0 Å². The Morgan fingerprint density at radius 2 is 1.89 bits per heavy atom. The van der Waals surface area contributed by atoms with Crippen LogP contribution in [0.5, 0.6) is 0 Å². The molecule has 2 atom stereocenters. The monoisotopic (exact) mass is 550 g/mol. The van der Waals surface area contributed by atoms with Gasteiger partial charge >= 0.3 is 5.97 Å². The van der Waals surface area contributed by atoms with Crippen molar-refractivity contribution in [2.45, 2.75) is 83.6 Å². The summed E-state index contributed by atoms with van der Waals surface area (Å²) in [5, 5.41) is 9.71. The average Bonchev–Trinajstić information content (AvgIpc) is 2.96. The van der Waals surface area contributed by atoms with Gasteiger partial charge in [0.05, 0.1) is 11.6 Å². The van der Waals surface area contributed by atoms with Crippen LogP contribution in [-0.2, 0) is 21.2 Å². The molecule has 0 saturated heterocycles. The normalized spacial score (nSPS) is 21.5. The van der Waals surface area contributed by atoms with Gasteiger partial charge in [-0.1, -0.05) is 70.4 Å². The Morgan fingerprint density at radius 3 is 2.46 bits per heavy atom. The zero-order chi connectivity index (χ0) is 27.8. The van der Waals surface area contributed by atoms with Gasteiger partial charge in [0.1, 0.15) is 4.90 Å². The first kappa shape index (κ1) is 31.1. The van der Waals surface area contributed by atoms with Gasteiger partial charge in [0.25, 0.3) is 0 Å². The maximum Gasteiger partial charge on any atom is 0.306 e. The number of benzene rings is 1. The van der Waals surface area contributed by atoms with E-state index in [9.17, 15) is 18.3 Å². The lowest BCUT2D eigenvalue weighted by Crippen LogP contribution is -2.46. The molecule has 0 aromatic heterocycles. The molecule has 0 amide bonds. The minimum Gasteiger partial charge on any atom is -0.481 e. The third-order valence-corrected chi connectivity index (χ3v) is 9.58. The molecule has 37 heavy (non-hydrogen) atoms. The smallest absolute Gasteiger partial charge is 0.306 e. The molecule has 0 radical (unpaired) electrons. The highest BCUT2D eigenvalue weighted by Crippen LogP contribution is 2.41. The summed E-state index contributed by atoms with van der Waals surface area (Å²) in [6.45, 7) is 11.9. The molecule has 206 valence electrons. The molecule has 0 spiro atoms. The fourth-order valence-electron chi connectivity index (χ4n) is 5.16. The van der Waals surface area contributed by atoms with Gasteiger partial charge in [-0.3, -0.25) is 4.79 Å². The number of likely N-dealkylation sites (N-methyl/N-ethyl adjacent to an activating group) is 1. The number of anilines is 1. The van der Waals surface area contributed by atoms with E-state index in [1.165, 1.54) is 6.42 Å². The van der Waals surface area contributed by atoms with Crippen molar-refractivity contribution >= 4 is 33.3 Å². The molecule has 1 fully saturated rings. The molecule has 1 heterocycles. The quantitative estimate of drug-likeness (QED) is 0.351. The predicted molar refractivity (Wildman–Crippen MR) is 154 cm³/mol. The minimum absolute atomic E-state index is 0.180. The number of fused-ring (bicyclic) bond motifs is 1. The number of nitrogens with zero attached hydrogens (tertiary/aromatic N) is 2. The number of carboxylic acid groups (broad SMARTS) is 1. The Bertz CT molecular complexity index is 1110. The third kappa shape index (κ3) is 7.27. The van der Waals surface area contributed by atoms with Crippen LogP contribution in [0, 0.1) is 11.8 Å². The van der Waals surface area contributed by atoms with E-state index in [1.807, 2.05) is 43.9 Å². The number of halogens is 1. The van der Waals surface area contributed by atoms with Crippen LogP contribution in [0.3, 0.4) is 0 Å². The molecular formula is C29H43ClN2O4S. The lowest BCUT2D eigenvalue weighted by Gasteiger charge is -2.37. The van der Waals surface area contributed by atoms with Gasteiger partial charge in [-0.05, 0) is 68.4 Å². The summed E-state index contributed by atoms with van der Waals surface area (Å²) in [5.74, 6) is -1.15. The van der Waals surface area contributed by atoms with Gasteiger partial charge in [-0.15, -0.1) is 0 Å². The molecule has 8 heteroatoms.